The molecule has 2 nitrogen and oxygen atoms in total. The molecule has 0 bridgehead atoms. The van der Waals surface area contributed by atoms with E-state index in [2.05, 4.69) is 41.0 Å². The normalized spacial score (nSPS) is 12.8. The molecule has 0 aromatic heterocycles. The van der Waals surface area contributed by atoms with Gasteiger partial charge in [0.2, 0.25) is 0 Å². The predicted octanol–water partition coefficient (Wildman–Crippen LogP) is 4.03. The van der Waals surface area contributed by atoms with E-state index < -0.39 is 0 Å². The van der Waals surface area contributed by atoms with Crippen LogP contribution in [-0.2, 0) is 0 Å². The number of nitrogens with one attached hydrogen (secondary N) is 1. The molecule has 0 heterocycles. The molecule has 0 spiro atoms. The van der Waals surface area contributed by atoms with E-state index >= 15 is 0 Å². The monoisotopic (exact) mass is 352 g/mol. The zero-order chi connectivity index (χ0) is 12.0. The van der Waals surface area contributed by atoms with Gasteiger partial charge < -0.3 is 0 Å². The van der Waals surface area contributed by atoms with Gasteiger partial charge in [0.15, 0.2) is 0 Å². The second-order valence-electron chi connectivity index (χ2n) is 3.89. The number of nitrogens with two attached hydrogens (primary N) is 1. The Morgan fingerprint density at radius 3 is 2.75 bits per heavy atom. The lowest BCUT2D eigenvalue weighted by atomic mass is 10.0. The summed E-state index contributed by atoms with van der Waals surface area (Å²) in [6, 6.07) is 6.33. The number of hydrazine groups is 1. The van der Waals surface area contributed by atoms with E-state index in [4.69, 9.17) is 17.4 Å². The summed E-state index contributed by atoms with van der Waals surface area (Å²) in [5, 5.41) is 0.800. The molecule has 0 aliphatic rings. The van der Waals surface area contributed by atoms with E-state index in [-0.39, 0.29) is 6.04 Å². The van der Waals surface area contributed by atoms with Crippen LogP contribution in [0.1, 0.15) is 44.2 Å². The van der Waals surface area contributed by atoms with Crippen LogP contribution in [0.3, 0.4) is 0 Å². The Bertz CT molecular complexity index is 331. The molecule has 1 rings (SSSR count). The minimum Gasteiger partial charge on any atom is -0.271 e. The summed E-state index contributed by atoms with van der Waals surface area (Å²) < 4.78 is 1.08. The number of rotatable bonds is 6. The molecule has 0 saturated carbocycles. The van der Waals surface area contributed by atoms with Crippen molar-refractivity contribution in [3.8, 4) is 0 Å². The predicted molar refractivity (Wildman–Crippen MR) is 78.4 cm³/mol. The minimum absolute atomic E-state index is 0.209. The lowest BCUT2D eigenvalue weighted by Crippen LogP contribution is -2.28. The lowest BCUT2D eigenvalue weighted by molar-refractivity contribution is 0.487. The van der Waals surface area contributed by atoms with Crippen LogP contribution in [-0.4, -0.2) is 0 Å². The third-order valence-electron chi connectivity index (χ3n) is 2.64. The maximum Gasteiger partial charge on any atom is 0.0542 e. The van der Waals surface area contributed by atoms with E-state index in [0.29, 0.717) is 0 Å². The third kappa shape index (κ3) is 4.20. The van der Waals surface area contributed by atoms with Crippen LogP contribution in [0.5, 0.6) is 0 Å². The minimum atomic E-state index is 0.209. The van der Waals surface area contributed by atoms with Crippen LogP contribution in [0.2, 0.25) is 5.02 Å². The van der Waals surface area contributed by atoms with Gasteiger partial charge >= 0.3 is 0 Å². The lowest BCUT2D eigenvalue weighted by Gasteiger charge is -2.16. The van der Waals surface area contributed by atoms with Gasteiger partial charge in [0.25, 0.3) is 0 Å². The average molecular weight is 353 g/mol. The fourth-order valence-corrected chi connectivity index (χ4v) is 2.20. The Hall–Kier alpha value is 0.160. The summed E-state index contributed by atoms with van der Waals surface area (Å²) in [5.41, 5.74) is 4.03. The van der Waals surface area contributed by atoms with Gasteiger partial charge in [-0.1, -0.05) is 43.9 Å². The zero-order valence-electron chi connectivity index (χ0n) is 9.47. The van der Waals surface area contributed by atoms with Crippen molar-refractivity contribution in [2.75, 3.05) is 0 Å². The van der Waals surface area contributed by atoms with Crippen molar-refractivity contribution in [1.29, 1.82) is 0 Å². The number of halogens is 2. The topological polar surface area (TPSA) is 38.0 Å². The Morgan fingerprint density at radius 2 is 2.19 bits per heavy atom. The van der Waals surface area contributed by atoms with Gasteiger partial charge in [0.05, 0.1) is 5.02 Å². The van der Waals surface area contributed by atoms with Crippen molar-refractivity contribution in [3.05, 3.63) is 32.4 Å². The highest BCUT2D eigenvalue weighted by Gasteiger charge is 2.10. The van der Waals surface area contributed by atoms with Crippen molar-refractivity contribution in [1.82, 2.24) is 5.43 Å². The van der Waals surface area contributed by atoms with Crippen LogP contribution in [0.25, 0.3) is 0 Å². The third-order valence-corrected chi connectivity index (χ3v) is 4.22. The molecule has 0 fully saturated rings. The molecule has 0 saturated heterocycles. The summed E-state index contributed by atoms with van der Waals surface area (Å²) in [6.07, 6.45) is 4.72. The first-order valence-corrected chi connectivity index (χ1v) is 7.05. The highest BCUT2D eigenvalue weighted by atomic mass is 127. The highest BCUT2D eigenvalue weighted by molar-refractivity contribution is 14.1. The second-order valence-corrected chi connectivity index (χ2v) is 5.46. The molecule has 0 amide bonds. The van der Waals surface area contributed by atoms with Gasteiger partial charge in [0.1, 0.15) is 0 Å². The van der Waals surface area contributed by atoms with Crippen molar-refractivity contribution < 1.29 is 0 Å². The number of hydrogen-bond acceptors (Lipinski definition) is 2. The molecule has 3 N–H and O–H groups in total. The number of unbranched alkanes of at least 4 members (excludes halogenated alkanes) is 2. The van der Waals surface area contributed by atoms with Gasteiger partial charge in [0, 0.05) is 9.61 Å². The standard InChI is InChI=1S/C12H18ClIN2/c1-2-3-4-5-12(16-15)9-6-7-11(14)10(13)8-9/h6-8,12,16H,2-5,15H2,1H3. The van der Waals surface area contributed by atoms with Crippen LogP contribution in [0.4, 0.5) is 0 Å². The molecule has 0 radical (unpaired) electrons. The van der Waals surface area contributed by atoms with Gasteiger partial charge in [-0.25, -0.2) is 0 Å². The largest absolute Gasteiger partial charge is 0.271 e. The van der Waals surface area contributed by atoms with Crippen LogP contribution in [0, 0.1) is 3.57 Å². The van der Waals surface area contributed by atoms with Crippen molar-refractivity contribution >= 4 is 34.2 Å². The summed E-state index contributed by atoms with van der Waals surface area (Å²) in [5.74, 6) is 5.58. The number of hydrogen-bond donors (Lipinski definition) is 2. The number of benzene rings is 1. The summed E-state index contributed by atoms with van der Waals surface area (Å²) in [4.78, 5) is 0. The summed E-state index contributed by atoms with van der Waals surface area (Å²) >= 11 is 8.33. The molecule has 0 aliphatic heterocycles. The molecule has 1 aromatic rings. The molecular weight excluding hydrogens is 335 g/mol. The van der Waals surface area contributed by atoms with Gasteiger partial charge in [-0.3, -0.25) is 11.3 Å². The highest BCUT2D eigenvalue weighted by Crippen LogP contribution is 2.25. The molecule has 1 atom stereocenters. The van der Waals surface area contributed by atoms with Crippen LogP contribution in [0.15, 0.2) is 18.2 Å². The quantitative estimate of drug-likeness (QED) is 0.351. The molecule has 0 aliphatic carbocycles. The first-order valence-electron chi connectivity index (χ1n) is 5.60. The van der Waals surface area contributed by atoms with Crippen LogP contribution < -0.4 is 11.3 Å². The molecular formula is C12H18ClIN2. The van der Waals surface area contributed by atoms with Gasteiger partial charge in [-0.15, -0.1) is 0 Å². The molecule has 90 valence electrons. The average Bonchev–Trinajstić information content (AvgIpc) is 2.29. The van der Waals surface area contributed by atoms with Crippen molar-refractivity contribution in [2.45, 2.75) is 38.6 Å². The zero-order valence-corrected chi connectivity index (χ0v) is 12.4. The van der Waals surface area contributed by atoms with E-state index in [1.54, 1.807) is 0 Å². The van der Waals surface area contributed by atoms with E-state index in [0.717, 1.165) is 15.0 Å². The SMILES string of the molecule is CCCCCC(NN)c1ccc(I)c(Cl)c1. The van der Waals surface area contributed by atoms with E-state index in [1.165, 1.54) is 24.8 Å². The maximum absolute atomic E-state index is 6.10. The molecule has 1 aromatic carbocycles. The summed E-state index contributed by atoms with van der Waals surface area (Å²) in [7, 11) is 0. The maximum atomic E-state index is 6.10. The fraction of sp³-hybridized carbons (Fsp3) is 0.500. The van der Waals surface area contributed by atoms with Gasteiger partial charge in [-0.05, 0) is 46.7 Å². The molecule has 1 unspecified atom stereocenters. The fourth-order valence-electron chi connectivity index (χ4n) is 1.67. The Kier molecular flexibility index (Phi) is 6.65. The van der Waals surface area contributed by atoms with Crippen LogP contribution >= 0.6 is 34.2 Å². The van der Waals surface area contributed by atoms with E-state index in [1.807, 2.05) is 12.1 Å². The van der Waals surface area contributed by atoms with Gasteiger partial charge in [-0.2, -0.15) is 0 Å². The van der Waals surface area contributed by atoms with Crippen molar-refractivity contribution in [2.24, 2.45) is 5.84 Å². The molecule has 4 heteroatoms. The molecule has 16 heavy (non-hydrogen) atoms. The smallest absolute Gasteiger partial charge is 0.0542 e. The second kappa shape index (κ2) is 7.48. The van der Waals surface area contributed by atoms with Crippen molar-refractivity contribution in [3.63, 3.8) is 0 Å². The van der Waals surface area contributed by atoms with E-state index in [9.17, 15) is 0 Å². The Morgan fingerprint density at radius 1 is 1.44 bits per heavy atom. The summed E-state index contributed by atoms with van der Waals surface area (Å²) in [6.45, 7) is 2.20. The first kappa shape index (κ1) is 14.2. The Balaban J connectivity index is 2.67. The Labute approximate surface area is 116 Å². The first-order chi connectivity index (χ1) is 7.69.